The summed E-state index contributed by atoms with van der Waals surface area (Å²) in [7, 11) is 0. The topological polar surface area (TPSA) is 50.8 Å². The van der Waals surface area contributed by atoms with Crippen LogP contribution in [-0.4, -0.2) is 25.8 Å². The molecule has 1 saturated heterocycles. The fourth-order valence-corrected chi connectivity index (χ4v) is 4.15. The summed E-state index contributed by atoms with van der Waals surface area (Å²) in [5.41, 5.74) is 3.49. The molecule has 2 aromatic rings. The summed E-state index contributed by atoms with van der Waals surface area (Å²) in [6.07, 6.45) is 3.72. The van der Waals surface area contributed by atoms with Crippen molar-refractivity contribution in [2.45, 2.75) is 45.6 Å². The molecule has 2 aromatic carbocycles. The van der Waals surface area contributed by atoms with E-state index in [1.807, 2.05) is 25.1 Å². The number of fused-ring (bicyclic) bond motifs is 1. The van der Waals surface area contributed by atoms with Crippen LogP contribution in [0.3, 0.4) is 0 Å². The summed E-state index contributed by atoms with van der Waals surface area (Å²) in [6, 6.07) is 14.5. The van der Waals surface area contributed by atoms with Gasteiger partial charge < -0.3 is 19.7 Å². The molecule has 0 aromatic heterocycles. The number of nitrogens with zero attached hydrogens (tertiary/aromatic N) is 1. The van der Waals surface area contributed by atoms with Crippen molar-refractivity contribution in [1.29, 1.82) is 0 Å². The van der Waals surface area contributed by atoms with E-state index in [9.17, 15) is 4.79 Å². The lowest BCUT2D eigenvalue weighted by molar-refractivity contribution is -0.121. The van der Waals surface area contributed by atoms with E-state index in [2.05, 4.69) is 41.4 Å². The highest BCUT2D eigenvalue weighted by Crippen LogP contribution is 2.32. The van der Waals surface area contributed by atoms with Crippen LogP contribution in [-0.2, 0) is 11.2 Å². The van der Waals surface area contributed by atoms with Crippen molar-refractivity contribution >= 4 is 11.6 Å². The molecular weight excluding hydrogens is 364 g/mol. The van der Waals surface area contributed by atoms with Crippen LogP contribution in [0.2, 0.25) is 0 Å². The van der Waals surface area contributed by atoms with Gasteiger partial charge in [-0.1, -0.05) is 25.1 Å². The molecule has 2 aliphatic rings. The Bertz CT molecular complexity index is 850. The molecule has 1 N–H and O–H groups in total. The second-order valence-corrected chi connectivity index (χ2v) is 8.26. The van der Waals surface area contributed by atoms with Gasteiger partial charge in [0.15, 0.2) is 11.5 Å². The highest BCUT2D eigenvalue weighted by atomic mass is 16.7. The van der Waals surface area contributed by atoms with Crippen molar-refractivity contribution in [2.24, 2.45) is 5.92 Å². The number of nitrogens with one attached hydrogen (secondary N) is 1. The molecule has 2 atom stereocenters. The normalized spacial score (nSPS) is 19.1. The van der Waals surface area contributed by atoms with Crippen LogP contribution in [0.25, 0.3) is 0 Å². The molecule has 0 radical (unpaired) electrons. The Kier molecular flexibility index (Phi) is 5.93. The molecule has 1 fully saturated rings. The molecule has 2 aliphatic heterocycles. The zero-order valence-corrected chi connectivity index (χ0v) is 17.3. The number of benzene rings is 2. The lowest BCUT2D eigenvalue weighted by Crippen LogP contribution is -2.34. The van der Waals surface area contributed by atoms with Gasteiger partial charge in [-0.05, 0) is 67.5 Å². The van der Waals surface area contributed by atoms with Crippen LogP contribution in [0, 0.1) is 5.92 Å². The smallest absolute Gasteiger partial charge is 0.231 e. The first-order valence-corrected chi connectivity index (χ1v) is 10.6. The van der Waals surface area contributed by atoms with E-state index in [0.717, 1.165) is 41.6 Å². The molecule has 0 unspecified atom stereocenters. The monoisotopic (exact) mass is 394 g/mol. The molecule has 0 saturated carbocycles. The fraction of sp³-hybridized carbons (Fsp3) is 0.458. The van der Waals surface area contributed by atoms with Crippen molar-refractivity contribution < 1.29 is 14.3 Å². The molecule has 0 aliphatic carbocycles. The van der Waals surface area contributed by atoms with Crippen LogP contribution in [0.5, 0.6) is 11.5 Å². The van der Waals surface area contributed by atoms with Crippen LogP contribution >= 0.6 is 0 Å². The van der Waals surface area contributed by atoms with Crippen molar-refractivity contribution in [2.75, 3.05) is 24.8 Å². The molecule has 2 heterocycles. The number of piperidine rings is 1. The molecule has 4 rings (SSSR count). The first kappa shape index (κ1) is 19.6. The van der Waals surface area contributed by atoms with E-state index >= 15 is 0 Å². The summed E-state index contributed by atoms with van der Waals surface area (Å²) in [5.74, 6) is 2.35. The number of hydrogen-bond donors (Lipinski definition) is 1. The zero-order valence-electron chi connectivity index (χ0n) is 17.3. The average molecular weight is 395 g/mol. The minimum absolute atomic E-state index is 0.00594. The third-order valence-electron chi connectivity index (χ3n) is 5.87. The Hall–Kier alpha value is -2.69. The molecule has 0 bridgehead atoms. The van der Waals surface area contributed by atoms with Gasteiger partial charge in [0, 0.05) is 25.2 Å². The molecule has 1 amide bonds. The van der Waals surface area contributed by atoms with Gasteiger partial charge in [-0.2, -0.15) is 0 Å². The highest BCUT2D eigenvalue weighted by Gasteiger charge is 2.17. The Balaban J connectivity index is 1.28. The number of carbonyl (C=O) groups excluding carboxylic acids is 1. The number of aryl methyl sites for hydroxylation is 1. The standard InChI is InChI=1S/C24H30N2O3/c1-17-4-3-13-26(15-17)21-9-7-20(8-10-21)18(2)25-24(27)12-6-19-5-11-22-23(14-19)29-16-28-22/h5,7-11,14,17-18H,3-4,6,12-13,15-16H2,1-2H3,(H,25,27)/t17-,18-/m0/s1. The van der Waals surface area contributed by atoms with Gasteiger partial charge in [0.1, 0.15) is 0 Å². The van der Waals surface area contributed by atoms with E-state index in [-0.39, 0.29) is 18.7 Å². The quantitative estimate of drug-likeness (QED) is 0.786. The van der Waals surface area contributed by atoms with E-state index < -0.39 is 0 Å². The van der Waals surface area contributed by atoms with E-state index in [1.54, 1.807) is 0 Å². The number of ether oxygens (including phenoxy) is 2. The zero-order chi connectivity index (χ0) is 20.2. The first-order chi connectivity index (χ1) is 14.1. The molecular formula is C24H30N2O3. The average Bonchev–Trinajstić information content (AvgIpc) is 3.20. The predicted octanol–water partition coefficient (Wildman–Crippen LogP) is 4.46. The highest BCUT2D eigenvalue weighted by molar-refractivity contribution is 5.76. The third kappa shape index (κ3) is 4.84. The second kappa shape index (κ2) is 8.76. The summed E-state index contributed by atoms with van der Waals surface area (Å²) in [6.45, 7) is 6.89. The van der Waals surface area contributed by atoms with E-state index in [1.165, 1.54) is 18.5 Å². The van der Waals surface area contributed by atoms with Gasteiger partial charge in [-0.25, -0.2) is 0 Å². The van der Waals surface area contributed by atoms with E-state index in [0.29, 0.717) is 12.8 Å². The number of carbonyl (C=O) groups is 1. The lowest BCUT2D eigenvalue weighted by Gasteiger charge is -2.33. The predicted molar refractivity (Wildman–Crippen MR) is 114 cm³/mol. The second-order valence-electron chi connectivity index (χ2n) is 8.26. The Morgan fingerprint density at radius 2 is 1.97 bits per heavy atom. The number of hydrogen-bond acceptors (Lipinski definition) is 4. The maximum Gasteiger partial charge on any atom is 0.231 e. The fourth-order valence-electron chi connectivity index (χ4n) is 4.15. The summed E-state index contributed by atoms with van der Waals surface area (Å²) in [5, 5.41) is 3.12. The van der Waals surface area contributed by atoms with Crippen molar-refractivity contribution in [3.05, 3.63) is 53.6 Å². The Labute approximate surface area is 173 Å². The van der Waals surface area contributed by atoms with Gasteiger partial charge in [-0.15, -0.1) is 0 Å². The lowest BCUT2D eigenvalue weighted by atomic mass is 9.99. The maximum absolute atomic E-state index is 12.4. The van der Waals surface area contributed by atoms with Gasteiger partial charge >= 0.3 is 0 Å². The third-order valence-corrected chi connectivity index (χ3v) is 5.87. The summed E-state index contributed by atoms with van der Waals surface area (Å²) >= 11 is 0. The summed E-state index contributed by atoms with van der Waals surface area (Å²) < 4.78 is 10.7. The minimum Gasteiger partial charge on any atom is -0.454 e. The summed E-state index contributed by atoms with van der Waals surface area (Å²) in [4.78, 5) is 14.9. The molecule has 154 valence electrons. The van der Waals surface area contributed by atoms with Crippen molar-refractivity contribution in [1.82, 2.24) is 5.32 Å². The molecule has 5 heteroatoms. The van der Waals surface area contributed by atoms with Crippen LogP contribution in [0.4, 0.5) is 5.69 Å². The number of anilines is 1. The molecule has 0 spiro atoms. The van der Waals surface area contributed by atoms with E-state index in [4.69, 9.17) is 9.47 Å². The number of amides is 1. The first-order valence-electron chi connectivity index (χ1n) is 10.6. The SMILES string of the molecule is C[C@H]1CCCN(c2ccc([C@H](C)NC(=O)CCc3ccc4c(c3)OCO4)cc2)C1. The van der Waals surface area contributed by atoms with Crippen LogP contribution < -0.4 is 19.7 Å². The Morgan fingerprint density at radius 1 is 1.17 bits per heavy atom. The maximum atomic E-state index is 12.4. The largest absolute Gasteiger partial charge is 0.454 e. The van der Waals surface area contributed by atoms with Gasteiger partial charge in [0.25, 0.3) is 0 Å². The van der Waals surface area contributed by atoms with Crippen molar-refractivity contribution in [3.8, 4) is 11.5 Å². The number of rotatable bonds is 6. The Morgan fingerprint density at radius 3 is 2.76 bits per heavy atom. The van der Waals surface area contributed by atoms with Gasteiger partial charge in [0.05, 0.1) is 6.04 Å². The molecule has 29 heavy (non-hydrogen) atoms. The van der Waals surface area contributed by atoms with Gasteiger partial charge in [-0.3, -0.25) is 4.79 Å². The van der Waals surface area contributed by atoms with Crippen molar-refractivity contribution in [3.63, 3.8) is 0 Å². The van der Waals surface area contributed by atoms with Gasteiger partial charge in [0.2, 0.25) is 12.7 Å². The molecule has 5 nitrogen and oxygen atoms in total. The minimum atomic E-state index is -0.00594. The van der Waals surface area contributed by atoms with Crippen LogP contribution in [0.15, 0.2) is 42.5 Å². The van der Waals surface area contributed by atoms with Crippen LogP contribution in [0.1, 0.15) is 50.3 Å².